The molecule has 4 aromatic rings. The summed E-state index contributed by atoms with van der Waals surface area (Å²) in [5.74, 6) is -1.18. The first-order chi connectivity index (χ1) is 16.6. The van der Waals surface area contributed by atoms with Crippen molar-refractivity contribution in [3.63, 3.8) is 0 Å². The van der Waals surface area contributed by atoms with Gasteiger partial charge < -0.3 is 9.47 Å². The summed E-state index contributed by atoms with van der Waals surface area (Å²) in [6.45, 7) is -0.102. The number of para-hydroxylation sites is 1. The van der Waals surface area contributed by atoms with Gasteiger partial charge in [-0.15, -0.1) is 0 Å². The van der Waals surface area contributed by atoms with Gasteiger partial charge in [0, 0.05) is 22.6 Å². The molecule has 0 saturated heterocycles. The standard InChI is InChI=1S/C26H21N3O5/c1-33-23-15-22(27-21-14-8-7-13-20(21)23)25(31)29-28-24(30)19-12-6-5-11-18(19)16-34-26(32)17-9-3-2-4-10-17/h2-15H,16H2,1H3,(H,28,30)(H,29,31). The van der Waals surface area contributed by atoms with E-state index in [0.29, 0.717) is 22.4 Å². The lowest BCUT2D eigenvalue weighted by atomic mass is 10.1. The molecule has 1 aromatic heterocycles. The predicted molar refractivity (Wildman–Crippen MR) is 125 cm³/mol. The molecule has 0 aliphatic rings. The molecule has 8 nitrogen and oxygen atoms in total. The monoisotopic (exact) mass is 455 g/mol. The van der Waals surface area contributed by atoms with E-state index in [-0.39, 0.29) is 17.9 Å². The van der Waals surface area contributed by atoms with Gasteiger partial charge in [-0.3, -0.25) is 20.4 Å². The van der Waals surface area contributed by atoms with E-state index in [0.717, 1.165) is 5.39 Å². The smallest absolute Gasteiger partial charge is 0.338 e. The molecule has 2 amide bonds. The lowest BCUT2D eigenvalue weighted by molar-refractivity contribution is 0.0470. The summed E-state index contributed by atoms with van der Waals surface area (Å²) in [5, 5.41) is 0.768. The van der Waals surface area contributed by atoms with Gasteiger partial charge in [-0.2, -0.15) is 0 Å². The molecule has 4 rings (SSSR count). The highest BCUT2D eigenvalue weighted by molar-refractivity contribution is 6.00. The topological polar surface area (TPSA) is 107 Å². The minimum absolute atomic E-state index is 0.0842. The summed E-state index contributed by atoms with van der Waals surface area (Å²) in [4.78, 5) is 41.9. The normalized spacial score (nSPS) is 10.4. The first-order valence-corrected chi connectivity index (χ1v) is 10.4. The summed E-state index contributed by atoms with van der Waals surface area (Å²) in [6.07, 6.45) is 0. The van der Waals surface area contributed by atoms with Crippen LogP contribution in [0.25, 0.3) is 10.9 Å². The SMILES string of the molecule is COc1cc(C(=O)NNC(=O)c2ccccc2COC(=O)c2ccccc2)nc2ccccc12. The number of rotatable bonds is 6. The van der Waals surface area contributed by atoms with Gasteiger partial charge >= 0.3 is 5.97 Å². The van der Waals surface area contributed by atoms with Crippen molar-refractivity contribution < 1.29 is 23.9 Å². The zero-order chi connectivity index (χ0) is 23.9. The fraction of sp³-hybridized carbons (Fsp3) is 0.0769. The van der Waals surface area contributed by atoms with Gasteiger partial charge in [0.2, 0.25) is 0 Å². The highest BCUT2D eigenvalue weighted by Gasteiger charge is 2.16. The van der Waals surface area contributed by atoms with Gasteiger partial charge in [-0.25, -0.2) is 9.78 Å². The summed E-state index contributed by atoms with van der Waals surface area (Å²) < 4.78 is 10.7. The number of nitrogens with zero attached hydrogens (tertiary/aromatic N) is 1. The molecule has 34 heavy (non-hydrogen) atoms. The Labute approximate surface area is 195 Å². The predicted octanol–water partition coefficient (Wildman–Crippen LogP) is 3.68. The van der Waals surface area contributed by atoms with Crippen molar-refractivity contribution in [3.05, 3.63) is 107 Å². The van der Waals surface area contributed by atoms with Crippen molar-refractivity contribution in [1.29, 1.82) is 0 Å². The number of carbonyl (C=O) groups is 3. The van der Waals surface area contributed by atoms with Crippen molar-refractivity contribution in [2.24, 2.45) is 0 Å². The van der Waals surface area contributed by atoms with E-state index in [9.17, 15) is 14.4 Å². The molecule has 0 saturated carbocycles. The van der Waals surface area contributed by atoms with E-state index in [1.54, 1.807) is 66.7 Å². The molecule has 0 bridgehead atoms. The third kappa shape index (κ3) is 5.02. The number of carbonyl (C=O) groups excluding carboxylic acids is 3. The Kier molecular flexibility index (Phi) is 6.78. The van der Waals surface area contributed by atoms with Gasteiger partial charge in [0.05, 0.1) is 18.2 Å². The van der Waals surface area contributed by atoms with Gasteiger partial charge in [0.15, 0.2) is 0 Å². The number of aromatic nitrogens is 1. The highest BCUT2D eigenvalue weighted by atomic mass is 16.5. The van der Waals surface area contributed by atoms with Crippen LogP contribution in [0.3, 0.4) is 0 Å². The van der Waals surface area contributed by atoms with Crippen LogP contribution in [0.4, 0.5) is 0 Å². The Hall–Kier alpha value is -4.72. The second-order valence-corrected chi connectivity index (χ2v) is 7.23. The lowest BCUT2D eigenvalue weighted by Crippen LogP contribution is -2.42. The molecule has 0 atom stereocenters. The van der Waals surface area contributed by atoms with Crippen LogP contribution in [0.15, 0.2) is 84.9 Å². The maximum absolute atomic E-state index is 12.7. The number of hydrogen-bond acceptors (Lipinski definition) is 6. The first-order valence-electron chi connectivity index (χ1n) is 10.4. The maximum Gasteiger partial charge on any atom is 0.338 e. The van der Waals surface area contributed by atoms with Gasteiger partial charge in [-0.05, 0) is 30.3 Å². The highest BCUT2D eigenvalue weighted by Crippen LogP contribution is 2.24. The third-order valence-corrected chi connectivity index (χ3v) is 5.05. The molecular weight excluding hydrogens is 434 g/mol. The molecule has 170 valence electrons. The maximum atomic E-state index is 12.7. The third-order valence-electron chi connectivity index (χ3n) is 5.05. The summed E-state index contributed by atoms with van der Waals surface area (Å²) in [6, 6.07) is 24.0. The zero-order valence-electron chi connectivity index (χ0n) is 18.3. The fourth-order valence-corrected chi connectivity index (χ4v) is 3.34. The average Bonchev–Trinajstić information content (AvgIpc) is 2.90. The van der Waals surface area contributed by atoms with Crippen molar-refractivity contribution in [2.45, 2.75) is 6.61 Å². The van der Waals surface area contributed by atoms with Crippen molar-refractivity contribution >= 4 is 28.7 Å². The average molecular weight is 455 g/mol. The molecule has 8 heteroatoms. The molecule has 0 aliphatic heterocycles. The number of hydrogen-bond donors (Lipinski definition) is 2. The van der Waals surface area contributed by atoms with E-state index in [2.05, 4.69) is 15.8 Å². The number of hydrazine groups is 1. The Balaban J connectivity index is 1.43. The Morgan fingerprint density at radius 1 is 0.824 bits per heavy atom. The number of fused-ring (bicyclic) bond motifs is 1. The van der Waals surface area contributed by atoms with E-state index in [4.69, 9.17) is 9.47 Å². The number of nitrogens with one attached hydrogen (secondary N) is 2. The summed E-state index contributed by atoms with van der Waals surface area (Å²) >= 11 is 0. The molecule has 2 N–H and O–H groups in total. The molecule has 0 spiro atoms. The second kappa shape index (κ2) is 10.3. The minimum Gasteiger partial charge on any atom is -0.496 e. The van der Waals surface area contributed by atoms with Crippen LogP contribution < -0.4 is 15.6 Å². The number of amides is 2. The number of ether oxygens (including phenoxy) is 2. The van der Waals surface area contributed by atoms with Crippen LogP contribution >= 0.6 is 0 Å². The van der Waals surface area contributed by atoms with Crippen LogP contribution in [0, 0.1) is 0 Å². The largest absolute Gasteiger partial charge is 0.496 e. The summed E-state index contributed by atoms with van der Waals surface area (Å²) in [7, 11) is 1.51. The first kappa shape index (κ1) is 22.5. The number of pyridine rings is 1. The van der Waals surface area contributed by atoms with Crippen LogP contribution in [0.5, 0.6) is 5.75 Å². The Morgan fingerprint density at radius 3 is 2.29 bits per heavy atom. The molecular formula is C26H21N3O5. The van der Waals surface area contributed by atoms with Crippen LogP contribution in [0.1, 0.15) is 36.8 Å². The lowest BCUT2D eigenvalue weighted by Gasteiger charge is -2.12. The molecule has 0 radical (unpaired) electrons. The number of methoxy groups -OCH3 is 1. The quantitative estimate of drug-likeness (QED) is 0.339. The van der Waals surface area contributed by atoms with Crippen LogP contribution in [-0.4, -0.2) is 29.9 Å². The van der Waals surface area contributed by atoms with E-state index in [1.807, 2.05) is 12.1 Å². The molecule has 0 fully saturated rings. The van der Waals surface area contributed by atoms with Crippen molar-refractivity contribution in [1.82, 2.24) is 15.8 Å². The second-order valence-electron chi connectivity index (χ2n) is 7.23. The van der Waals surface area contributed by atoms with E-state index >= 15 is 0 Å². The molecule has 0 unspecified atom stereocenters. The number of benzene rings is 3. The van der Waals surface area contributed by atoms with Crippen molar-refractivity contribution in [3.8, 4) is 5.75 Å². The minimum atomic E-state index is -0.606. The van der Waals surface area contributed by atoms with Crippen molar-refractivity contribution in [2.75, 3.05) is 7.11 Å². The molecule has 1 heterocycles. The van der Waals surface area contributed by atoms with Gasteiger partial charge in [0.25, 0.3) is 11.8 Å². The van der Waals surface area contributed by atoms with Gasteiger partial charge in [-0.1, -0.05) is 48.5 Å². The molecule has 3 aromatic carbocycles. The van der Waals surface area contributed by atoms with E-state index < -0.39 is 17.8 Å². The van der Waals surface area contributed by atoms with Crippen LogP contribution in [-0.2, 0) is 11.3 Å². The number of esters is 1. The summed E-state index contributed by atoms with van der Waals surface area (Å²) in [5.41, 5.74) is 6.58. The van der Waals surface area contributed by atoms with Gasteiger partial charge in [0.1, 0.15) is 18.1 Å². The Bertz CT molecular complexity index is 1360. The Morgan fingerprint density at radius 2 is 1.50 bits per heavy atom. The van der Waals surface area contributed by atoms with Crippen LogP contribution in [0.2, 0.25) is 0 Å². The van der Waals surface area contributed by atoms with E-state index in [1.165, 1.54) is 13.2 Å². The zero-order valence-corrected chi connectivity index (χ0v) is 18.3. The molecule has 0 aliphatic carbocycles. The fourth-order valence-electron chi connectivity index (χ4n) is 3.34.